The van der Waals surface area contributed by atoms with Gasteiger partial charge in [-0.15, -0.1) is 0 Å². The van der Waals surface area contributed by atoms with Crippen molar-refractivity contribution in [2.24, 2.45) is 5.73 Å². The standard InChI is InChI=1S/C15H14N2O5S/c16-11(15(19)20)7-9-5-6-10(18)8-14(9)23-13-4-2-1-3-12(13)17(21)22/h1-6,8,11,18H,7,16H2,(H,19,20). The van der Waals surface area contributed by atoms with Crippen LogP contribution in [-0.2, 0) is 11.2 Å². The van der Waals surface area contributed by atoms with Crippen LogP contribution in [0.25, 0.3) is 0 Å². The van der Waals surface area contributed by atoms with Gasteiger partial charge in [-0.1, -0.05) is 30.0 Å². The molecule has 0 aliphatic carbocycles. The smallest absolute Gasteiger partial charge is 0.320 e. The fraction of sp³-hybridized carbons (Fsp3) is 0.133. The molecule has 0 radical (unpaired) electrons. The van der Waals surface area contributed by atoms with Gasteiger partial charge >= 0.3 is 5.97 Å². The van der Waals surface area contributed by atoms with E-state index in [4.69, 9.17) is 10.8 Å². The summed E-state index contributed by atoms with van der Waals surface area (Å²) >= 11 is 1.09. The Morgan fingerprint density at radius 1 is 1.26 bits per heavy atom. The molecule has 0 heterocycles. The zero-order valence-electron chi connectivity index (χ0n) is 11.9. The monoisotopic (exact) mass is 334 g/mol. The second-order valence-electron chi connectivity index (χ2n) is 4.77. The Hall–Kier alpha value is -2.58. The van der Waals surface area contributed by atoms with Crippen LogP contribution in [0.1, 0.15) is 5.56 Å². The molecule has 0 saturated carbocycles. The number of aliphatic carboxylic acids is 1. The maximum absolute atomic E-state index is 11.1. The minimum Gasteiger partial charge on any atom is -0.508 e. The molecular formula is C15H14N2O5S. The fourth-order valence-electron chi connectivity index (χ4n) is 1.94. The van der Waals surface area contributed by atoms with Crippen molar-refractivity contribution in [3.8, 4) is 5.75 Å². The predicted molar refractivity (Wildman–Crippen MR) is 84.6 cm³/mol. The average Bonchev–Trinajstić information content (AvgIpc) is 2.50. The predicted octanol–water partition coefficient (Wildman–Crippen LogP) is 2.41. The van der Waals surface area contributed by atoms with Crippen LogP contribution in [0.5, 0.6) is 5.75 Å². The van der Waals surface area contributed by atoms with E-state index in [9.17, 15) is 20.0 Å². The third-order valence-electron chi connectivity index (χ3n) is 3.09. The van der Waals surface area contributed by atoms with Gasteiger partial charge < -0.3 is 15.9 Å². The number of carboxylic acids is 1. The van der Waals surface area contributed by atoms with Crippen LogP contribution in [0.4, 0.5) is 5.69 Å². The molecular weight excluding hydrogens is 320 g/mol. The highest BCUT2D eigenvalue weighted by atomic mass is 32.2. The lowest BCUT2D eigenvalue weighted by atomic mass is 10.1. The lowest BCUT2D eigenvalue weighted by molar-refractivity contribution is -0.387. The summed E-state index contributed by atoms with van der Waals surface area (Å²) < 4.78 is 0. The summed E-state index contributed by atoms with van der Waals surface area (Å²) in [5.74, 6) is -1.15. The summed E-state index contributed by atoms with van der Waals surface area (Å²) in [6, 6.07) is 9.53. The van der Waals surface area contributed by atoms with Gasteiger partial charge in [-0.2, -0.15) is 0 Å². The van der Waals surface area contributed by atoms with Crippen LogP contribution < -0.4 is 5.73 Å². The summed E-state index contributed by atoms with van der Waals surface area (Å²) in [6.45, 7) is 0. The van der Waals surface area contributed by atoms with E-state index in [-0.39, 0.29) is 17.9 Å². The SMILES string of the molecule is NC(Cc1ccc(O)cc1Sc1ccccc1[N+](=O)[O-])C(=O)O. The molecule has 0 fully saturated rings. The van der Waals surface area contributed by atoms with Crippen molar-refractivity contribution in [1.82, 2.24) is 0 Å². The Morgan fingerprint density at radius 3 is 2.61 bits per heavy atom. The summed E-state index contributed by atoms with van der Waals surface area (Å²) in [5, 5.41) is 29.6. The highest BCUT2D eigenvalue weighted by molar-refractivity contribution is 7.99. The van der Waals surface area contributed by atoms with Crippen LogP contribution in [0.3, 0.4) is 0 Å². The van der Waals surface area contributed by atoms with Crippen molar-refractivity contribution in [1.29, 1.82) is 0 Å². The molecule has 2 rings (SSSR count). The van der Waals surface area contributed by atoms with E-state index < -0.39 is 16.9 Å². The number of phenols is 1. The highest BCUT2D eigenvalue weighted by Crippen LogP contribution is 2.38. The van der Waals surface area contributed by atoms with E-state index in [0.717, 1.165) is 11.8 Å². The molecule has 1 atom stereocenters. The van der Waals surface area contributed by atoms with Gasteiger partial charge in [-0.3, -0.25) is 14.9 Å². The summed E-state index contributed by atoms with van der Waals surface area (Å²) in [5.41, 5.74) is 6.08. The first-order chi connectivity index (χ1) is 10.9. The topological polar surface area (TPSA) is 127 Å². The first-order valence-corrected chi connectivity index (χ1v) is 7.41. The summed E-state index contributed by atoms with van der Waals surface area (Å²) in [4.78, 5) is 22.4. The molecule has 0 bridgehead atoms. The molecule has 0 aliphatic heterocycles. The average molecular weight is 334 g/mol. The number of nitrogens with two attached hydrogens (primary N) is 1. The molecule has 0 amide bonds. The van der Waals surface area contributed by atoms with Crippen molar-refractivity contribution < 1.29 is 19.9 Å². The number of benzene rings is 2. The molecule has 0 spiro atoms. The molecule has 0 aromatic heterocycles. The Kier molecular flexibility index (Phi) is 5.20. The van der Waals surface area contributed by atoms with Gasteiger partial charge in [0, 0.05) is 11.0 Å². The number of nitro benzene ring substituents is 1. The van der Waals surface area contributed by atoms with Crippen LogP contribution in [-0.4, -0.2) is 27.1 Å². The van der Waals surface area contributed by atoms with E-state index in [0.29, 0.717) is 15.4 Å². The van der Waals surface area contributed by atoms with Crippen LogP contribution in [0.15, 0.2) is 52.3 Å². The zero-order valence-corrected chi connectivity index (χ0v) is 12.7. The number of nitrogens with zero attached hydrogens (tertiary/aromatic N) is 1. The maximum atomic E-state index is 11.1. The first kappa shape index (κ1) is 16.8. The number of para-hydroxylation sites is 1. The molecule has 8 heteroatoms. The zero-order chi connectivity index (χ0) is 17.0. The van der Waals surface area contributed by atoms with Gasteiger partial charge in [0.2, 0.25) is 0 Å². The molecule has 2 aromatic carbocycles. The number of carbonyl (C=O) groups is 1. The Labute approximate surface area is 135 Å². The molecule has 0 aliphatic rings. The van der Waals surface area contributed by atoms with Crippen LogP contribution >= 0.6 is 11.8 Å². The van der Waals surface area contributed by atoms with Crippen molar-refractivity contribution in [2.45, 2.75) is 22.3 Å². The quantitative estimate of drug-likeness (QED) is 0.547. The van der Waals surface area contributed by atoms with E-state index in [1.165, 1.54) is 18.2 Å². The van der Waals surface area contributed by atoms with Gasteiger partial charge in [-0.05, 0) is 30.2 Å². The van der Waals surface area contributed by atoms with Gasteiger partial charge in [0.15, 0.2) is 0 Å². The number of phenolic OH excluding ortho intramolecular Hbond substituents is 1. The van der Waals surface area contributed by atoms with Crippen molar-refractivity contribution in [2.75, 3.05) is 0 Å². The molecule has 23 heavy (non-hydrogen) atoms. The number of rotatable bonds is 6. The number of aromatic hydroxyl groups is 1. The van der Waals surface area contributed by atoms with Crippen molar-refractivity contribution >= 4 is 23.4 Å². The molecule has 120 valence electrons. The minimum absolute atomic E-state index is 0.0151. The number of hydrogen-bond acceptors (Lipinski definition) is 6. The Morgan fingerprint density at radius 2 is 1.96 bits per heavy atom. The second-order valence-corrected chi connectivity index (χ2v) is 5.85. The summed E-state index contributed by atoms with van der Waals surface area (Å²) in [6.07, 6.45) is 0.0541. The molecule has 4 N–H and O–H groups in total. The molecule has 0 saturated heterocycles. The Bertz CT molecular complexity index is 750. The van der Waals surface area contributed by atoms with Crippen LogP contribution in [0.2, 0.25) is 0 Å². The highest BCUT2D eigenvalue weighted by Gasteiger charge is 2.18. The normalized spacial score (nSPS) is 11.9. The molecule has 1 unspecified atom stereocenters. The number of hydrogen-bond donors (Lipinski definition) is 3. The van der Waals surface area contributed by atoms with Gasteiger partial charge in [0.05, 0.1) is 9.82 Å². The van der Waals surface area contributed by atoms with Crippen molar-refractivity contribution in [3.63, 3.8) is 0 Å². The summed E-state index contributed by atoms with van der Waals surface area (Å²) in [7, 11) is 0. The second kappa shape index (κ2) is 7.12. The Balaban J connectivity index is 2.38. The fourth-order valence-corrected chi connectivity index (χ4v) is 3.04. The van der Waals surface area contributed by atoms with E-state index in [1.807, 2.05) is 0 Å². The van der Waals surface area contributed by atoms with E-state index in [2.05, 4.69) is 0 Å². The van der Waals surface area contributed by atoms with E-state index in [1.54, 1.807) is 24.3 Å². The molecule has 7 nitrogen and oxygen atoms in total. The first-order valence-electron chi connectivity index (χ1n) is 6.60. The van der Waals surface area contributed by atoms with Crippen LogP contribution in [0, 0.1) is 10.1 Å². The third kappa shape index (κ3) is 4.21. The van der Waals surface area contributed by atoms with Crippen molar-refractivity contribution in [3.05, 3.63) is 58.1 Å². The van der Waals surface area contributed by atoms with Gasteiger partial charge in [0.1, 0.15) is 11.8 Å². The minimum atomic E-state index is -1.14. The lowest BCUT2D eigenvalue weighted by Crippen LogP contribution is -2.32. The van der Waals surface area contributed by atoms with Gasteiger partial charge in [-0.25, -0.2) is 0 Å². The third-order valence-corrected chi connectivity index (χ3v) is 4.25. The number of nitro groups is 1. The number of carboxylic acid groups (broad SMARTS) is 1. The largest absolute Gasteiger partial charge is 0.508 e. The molecule has 2 aromatic rings. The van der Waals surface area contributed by atoms with E-state index >= 15 is 0 Å². The van der Waals surface area contributed by atoms with Gasteiger partial charge in [0.25, 0.3) is 5.69 Å². The maximum Gasteiger partial charge on any atom is 0.320 e. The lowest BCUT2D eigenvalue weighted by Gasteiger charge is -2.12.